The highest BCUT2D eigenvalue weighted by atomic mass is 32.1. The molecule has 2 heterocycles. The van der Waals surface area contributed by atoms with Gasteiger partial charge >= 0.3 is 0 Å². The van der Waals surface area contributed by atoms with Gasteiger partial charge in [-0.3, -0.25) is 4.79 Å². The van der Waals surface area contributed by atoms with Gasteiger partial charge in [-0.15, -0.1) is 11.3 Å². The number of benzene rings is 1. The molecule has 6 heteroatoms. The van der Waals surface area contributed by atoms with Gasteiger partial charge in [0, 0.05) is 24.9 Å². The fourth-order valence-corrected chi connectivity index (χ4v) is 3.81. The van der Waals surface area contributed by atoms with Crippen molar-refractivity contribution < 1.29 is 9.53 Å². The minimum absolute atomic E-state index is 0.0299. The van der Waals surface area contributed by atoms with E-state index < -0.39 is 0 Å². The zero-order valence-electron chi connectivity index (χ0n) is 14.4. The zero-order chi connectivity index (χ0) is 17.5. The summed E-state index contributed by atoms with van der Waals surface area (Å²) >= 11 is 1.51. The van der Waals surface area contributed by atoms with Crippen LogP contribution in [0.15, 0.2) is 35.7 Å². The Morgan fingerprint density at radius 2 is 2.00 bits per heavy atom. The number of amides is 1. The number of ether oxygens (including phenoxy) is 1. The molecule has 0 spiro atoms. The van der Waals surface area contributed by atoms with Crippen LogP contribution in [-0.4, -0.2) is 48.1 Å². The van der Waals surface area contributed by atoms with E-state index in [-0.39, 0.29) is 12.0 Å². The van der Waals surface area contributed by atoms with Gasteiger partial charge in [0.25, 0.3) is 5.91 Å². The summed E-state index contributed by atoms with van der Waals surface area (Å²) in [5, 5.41) is 2.78. The lowest BCUT2D eigenvalue weighted by Crippen LogP contribution is -2.41. The van der Waals surface area contributed by atoms with E-state index in [4.69, 9.17) is 10.5 Å². The Morgan fingerprint density at radius 3 is 2.72 bits per heavy atom. The Kier molecular flexibility index (Phi) is 6.55. The van der Waals surface area contributed by atoms with Crippen LogP contribution < -0.4 is 5.73 Å². The second-order valence-corrected chi connectivity index (χ2v) is 7.21. The van der Waals surface area contributed by atoms with Crippen LogP contribution in [0.5, 0.6) is 0 Å². The quantitative estimate of drug-likeness (QED) is 0.825. The third-order valence-electron chi connectivity index (χ3n) is 4.45. The van der Waals surface area contributed by atoms with Crippen molar-refractivity contribution in [3.8, 4) is 0 Å². The van der Waals surface area contributed by atoms with E-state index in [1.165, 1.54) is 16.9 Å². The molecular formula is C19H25N3O2S. The van der Waals surface area contributed by atoms with Crippen LogP contribution in [0.2, 0.25) is 0 Å². The number of nitrogens with zero attached hydrogens (tertiary/aromatic N) is 2. The molecule has 1 fully saturated rings. The van der Waals surface area contributed by atoms with Crippen LogP contribution in [0.25, 0.3) is 0 Å². The van der Waals surface area contributed by atoms with Crippen LogP contribution in [0.3, 0.4) is 0 Å². The van der Waals surface area contributed by atoms with Gasteiger partial charge in [0.1, 0.15) is 5.69 Å². The van der Waals surface area contributed by atoms with Gasteiger partial charge in [-0.25, -0.2) is 4.98 Å². The first-order chi connectivity index (χ1) is 12.3. The lowest BCUT2D eigenvalue weighted by Gasteiger charge is -2.31. The maximum absolute atomic E-state index is 12.5. The highest BCUT2D eigenvalue weighted by Gasteiger charge is 2.25. The molecule has 5 nitrogen and oxygen atoms in total. The monoisotopic (exact) mass is 359 g/mol. The minimum Gasteiger partial charge on any atom is -0.378 e. The molecule has 0 unspecified atom stereocenters. The second kappa shape index (κ2) is 9.08. The van der Waals surface area contributed by atoms with Crippen molar-refractivity contribution in [1.82, 2.24) is 9.88 Å². The molecule has 1 aromatic heterocycles. The third kappa shape index (κ3) is 5.11. The number of hydrogen-bond donors (Lipinski definition) is 1. The van der Waals surface area contributed by atoms with Crippen LogP contribution >= 0.6 is 11.3 Å². The Labute approximate surface area is 152 Å². The van der Waals surface area contributed by atoms with Crippen molar-refractivity contribution in [3.63, 3.8) is 0 Å². The first kappa shape index (κ1) is 18.0. The zero-order valence-corrected chi connectivity index (χ0v) is 15.2. The molecule has 0 saturated carbocycles. The van der Waals surface area contributed by atoms with Gasteiger partial charge in [0.15, 0.2) is 0 Å². The molecule has 0 atom stereocenters. The molecule has 3 rings (SSSR count). The van der Waals surface area contributed by atoms with E-state index in [0.717, 1.165) is 50.4 Å². The highest BCUT2D eigenvalue weighted by molar-refractivity contribution is 7.09. The van der Waals surface area contributed by atoms with Crippen LogP contribution in [0, 0.1) is 0 Å². The third-order valence-corrected chi connectivity index (χ3v) is 5.35. The molecule has 0 radical (unpaired) electrons. The maximum atomic E-state index is 12.5. The van der Waals surface area contributed by atoms with Crippen molar-refractivity contribution in [3.05, 3.63) is 52.0 Å². The Bertz CT molecular complexity index is 666. The number of carbonyl (C=O) groups is 1. The van der Waals surface area contributed by atoms with Gasteiger partial charge in [-0.2, -0.15) is 0 Å². The Hall–Kier alpha value is -1.76. The van der Waals surface area contributed by atoms with Crippen molar-refractivity contribution >= 4 is 17.2 Å². The maximum Gasteiger partial charge on any atom is 0.273 e. The van der Waals surface area contributed by atoms with E-state index in [1.807, 2.05) is 16.3 Å². The van der Waals surface area contributed by atoms with E-state index in [0.29, 0.717) is 12.2 Å². The van der Waals surface area contributed by atoms with Gasteiger partial charge < -0.3 is 15.4 Å². The summed E-state index contributed by atoms with van der Waals surface area (Å²) in [5.74, 6) is 0.0299. The molecule has 1 aromatic carbocycles. The number of hydrogen-bond acceptors (Lipinski definition) is 5. The molecule has 134 valence electrons. The topological polar surface area (TPSA) is 68.5 Å². The fourth-order valence-electron chi connectivity index (χ4n) is 3.02. The summed E-state index contributed by atoms with van der Waals surface area (Å²) < 4.78 is 5.99. The molecule has 1 saturated heterocycles. The van der Waals surface area contributed by atoms with E-state index in [9.17, 15) is 4.79 Å². The molecule has 1 aliphatic heterocycles. The predicted molar refractivity (Wildman–Crippen MR) is 99.9 cm³/mol. The number of piperidine rings is 1. The Balaban J connectivity index is 1.41. The summed E-state index contributed by atoms with van der Waals surface area (Å²) in [7, 11) is 0. The standard InChI is InChI=1S/C19H25N3O2S/c20-10-6-18-21-17(14-25-18)19(23)22-11-7-16(8-12-22)24-13-9-15-4-2-1-3-5-15/h1-5,14,16H,6-13,20H2. The van der Waals surface area contributed by atoms with Crippen molar-refractivity contribution in [1.29, 1.82) is 0 Å². The molecule has 2 N–H and O–H groups in total. The second-order valence-electron chi connectivity index (χ2n) is 6.26. The minimum atomic E-state index is 0.0299. The highest BCUT2D eigenvalue weighted by Crippen LogP contribution is 2.18. The van der Waals surface area contributed by atoms with Crippen molar-refractivity contribution in [2.75, 3.05) is 26.2 Å². The molecule has 0 aliphatic carbocycles. The summed E-state index contributed by atoms with van der Waals surface area (Å²) in [4.78, 5) is 18.8. The number of likely N-dealkylation sites (tertiary alicyclic amines) is 1. The molecule has 1 aliphatic rings. The van der Waals surface area contributed by atoms with Crippen LogP contribution in [-0.2, 0) is 17.6 Å². The first-order valence-corrected chi connectivity index (χ1v) is 9.73. The van der Waals surface area contributed by atoms with Crippen LogP contribution in [0.4, 0.5) is 0 Å². The number of nitrogens with two attached hydrogens (primary N) is 1. The molecule has 25 heavy (non-hydrogen) atoms. The lowest BCUT2D eigenvalue weighted by molar-refractivity contribution is 0.00990. The number of carbonyl (C=O) groups excluding carboxylic acids is 1. The number of aromatic nitrogens is 1. The largest absolute Gasteiger partial charge is 0.378 e. The van der Waals surface area contributed by atoms with E-state index >= 15 is 0 Å². The number of thiazole rings is 1. The van der Waals surface area contributed by atoms with Gasteiger partial charge in [-0.05, 0) is 31.4 Å². The van der Waals surface area contributed by atoms with Gasteiger partial charge in [0.05, 0.1) is 17.7 Å². The van der Waals surface area contributed by atoms with E-state index in [1.54, 1.807) is 0 Å². The predicted octanol–water partition coefficient (Wildman–Crippen LogP) is 2.51. The molecule has 0 bridgehead atoms. The average Bonchev–Trinajstić information content (AvgIpc) is 3.12. The normalized spacial score (nSPS) is 15.5. The molecular weight excluding hydrogens is 334 g/mol. The van der Waals surface area contributed by atoms with Gasteiger partial charge in [-0.1, -0.05) is 30.3 Å². The molecule has 2 aromatic rings. The summed E-state index contributed by atoms with van der Waals surface area (Å²) in [6.45, 7) is 2.77. The average molecular weight is 359 g/mol. The van der Waals surface area contributed by atoms with E-state index in [2.05, 4.69) is 29.2 Å². The summed E-state index contributed by atoms with van der Waals surface area (Å²) in [6.07, 6.45) is 3.69. The summed E-state index contributed by atoms with van der Waals surface area (Å²) in [6, 6.07) is 10.4. The van der Waals surface area contributed by atoms with Crippen molar-refractivity contribution in [2.24, 2.45) is 5.73 Å². The smallest absolute Gasteiger partial charge is 0.273 e. The van der Waals surface area contributed by atoms with Crippen LogP contribution in [0.1, 0.15) is 33.9 Å². The lowest BCUT2D eigenvalue weighted by atomic mass is 10.1. The van der Waals surface area contributed by atoms with Crippen molar-refractivity contribution in [2.45, 2.75) is 31.8 Å². The molecule has 1 amide bonds. The number of rotatable bonds is 7. The SMILES string of the molecule is NCCc1nc(C(=O)N2CCC(OCCc3ccccc3)CC2)cs1. The summed E-state index contributed by atoms with van der Waals surface area (Å²) in [5.41, 5.74) is 7.39. The van der Waals surface area contributed by atoms with Gasteiger partial charge in [0.2, 0.25) is 0 Å². The Morgan fingerprint density at radius 1 is 1.24 bits per heavy atom. The first-order valence-electron chi connectivity index (χ1n) is 8.85. The fraction of sp³-hybridized carbons (Fsp3) is 0.474.